The second-order valence-corrected chi connectivity index (χ2v) is 7.64. The van der Waals surface area contributed by atoms with Crippen LogP contribution in [0.5, 0.6) is 0 Å². The lowest BCUT2D eigenvalue weighted by Crippen LogP contribution is -2.44. The van der Waals surface area contributed by atoms with E-state index in [2.05, 4.69) is 31.9 Å². The van der Waals surface area contributed by atoms with Gasteiger partial charge in [-0.1, -0.05) is 18.2 Å². The van der Waals surface area contributed by atoms with E-state index >= 15 is 0 Å². The summed E-state index contributed by atoms with van der Waals surface area (Å²) < 4.78 is 5.69. The Bertz CT molecular complexity index is 843. The Kier molecular flexibility index (Phi) is 6.14. The lowest BCUT2D eigenvalue weighted by atomic mass is 9.90. The zero-order valence-electron chi connectivity index (χ0n) is 16.9. The van der Waals surface area contributed by atoms with Gasteiger partial charge < -0.3 is 20.4 Å². The number of likely N-dealkylation sites (tertiary alicyclic amines) is 1. The van der Waals surface area contributed by atoms with Gasteiger partial charge in [-0.15, -0.1) is 0 Å². The molecule has 29 heavy (non-hydrogen) atoms. The number of nitrogens with one attached hydrogen (secondary N) is 3. The highest BCUT2D eigenvalue weighted by atomic mass is 16.3. The molecule has 3 heterocycles. The summed E-state index contributed by atoms with van der Waals surface area (Å²) in [5, 5.41) is 9.80. The van der Waals surface area contributed by atoms with Crippen molar-refractivity contribution in [3.63, 3.8) is 0 Å². The molecule has 3 N–H and O–H groups in total. The molecule has 1 aromatic carbocycles. The number of guanidine groups is 1. The normalized spacial score (nSPS) is 20.8. The first-order valence-corrected chi connectivity index (χ1v) is 10.4. The first-order valence-electron chi connectivity index (χ1n) is 10.4. The molecule has 2 atom stereocenters. The fraction of sp³-hybridized carbons (Fsp3) is 0.455. The summed E-state index contributed by atoms with van der Waals surface area (Å²) in [4.78, 5) is 18.9. The van der Waals surface area contributed by atoms with Crippen LogP contribution in [-0.2, 0) is 4.79 Å². The largest absolute Gasteiger partial charge is 0.468 e. The third-order valence-corrected chi connectivity index (χ3v) is 5.76. The summed E-state index contributed by atoms with van der Waals surface area (Å²) in [6, 6.07) is 12.2. The number of carbonyl (C=O) groups excluding carboxylic acids is 1. The van der Waals surface area contributed by atoms with E-state index in [1.54, 1.807) is 13.3 Å². The Morgan fingerprint density at radius 2 is 2.07 bits per heavy atom. The lowest BCUT2D eigenvalue weighted by molar-refractivity contribution is -0.116. The first-order chi connectivity index (χ1) is 14.2. The van der Waals surface area contributed by atoms with Crippen molar-refractivity contribution in [1.29, 1.82) is 0 Å². The summed E-state index contributed by atoms with van der Waals surface area (Å²) in [5.74, 6) is 1.90. The van der Waals surface area contributed by atoms with Crippen LogP contribution >= 0.6 is 0 Å². The van der Waals surface area contributed by atoms with Gasteiger partial charge in [0, 0.05) is 38.2 Å². The number of fused-ring (bicyclic) bond motifs is 1. The quantitative estimate of drug-likeness (QED) is 0.518. The van der Waals surface area contributed by atoms with Gasteiger partial charge in [-0.3, -0.25) is 14.7 Å². The third kappa shape index (κ3) is 4.62. The van der Waals surface area contributed by atoms with Gasteiger partial charge in [0.25, 0.3) is 0 Å². The Morgan fingerprint density at radius 1 is 1.24 bits per heavy atom. The van der Waals surface area contributed by atoms with Crippen LogP contribution in [0.15, 0.2) is 52.1 Å². The summed E-state index contributed by atoms with van der Waals surface area (Å²) in [6.45, 7) is 3.55. The second kappa shape index (κ2) is 9.13. The van der Waals surface area contributed by atoms with E-state index in [4.69, 9.17) is 4.42 Å². The van der Waals surface area contributed by atoms with Gasteiger partial charge in [-0.2, -0.15) is 0 Å². The van der Waals surface area contributed by atoms with Crippen molar-refractivity contribution in [2.24, 2.45) is 4.99 Å². The molecule has 7 nitrogen and oxygen atoms in total. The monoisotopic (exact) mass is 395 g/mol. The van der Waals surface area contributed by atoms with Crippen LogP contribution in [0.4, 0.5) is 5.69 Å². The van der Waals surface area contributed by atoms with E-state index < -0.39 is 0 Å². The number of carbonyl (C=O) groups is 1. The molecular formula is C22H29N5O2. The average molecular weight is 396 g/mol. The smallest absolute Gasteiger partial charge is 0.225 e. The Balaban J connectivity index is 1.37. The van der Waals surface area contributed by atoms with Crippen LogP contribution in [0.1, 0.15) is 42.5 Å². The maximum Gasteiger partial charge on any atom is 0.225 e. The fourth-order valence-electron chi connectivity index (χ4n) is 4.26. The molecule has 0 radical (unpaired) electrons. The molecule has 0 spiro atoms. The number of para-hydroxylation sites is 1. The Labute approximate surface area is 171 Å². The topological polar surface area (TPSA) is 81.9 Å². The maximum atomic E-state index is 12.0. The van der Waals surface area contributed by atoms with E-state index in [0.717, 1.165) is 37.0 Å². The van der Waals surface area contributed by atoms with E-state index in [0.29, 0.717) is 13.0 Å². The number of hydrogen-bond acceptors (Lipinski definition) is 4. The van der Waals surface area contributed by atoms with Crippen molar-refractivity contribution < 1.29 is 9.21 Å². The highest BCUT2D eigenvalue weighted by molar-refractivity contribution is 5.94. The number of aliphatic imine (C=N–C) groups is 1. The van der Waals surface area contributed by atoms with Crippen LogP contribution in [0.3, 0.4) is 0 Å². The highest BCUT2D eigenvalue weighted by Crippen LogP contribution is 2.31. The number of hydrogen-bond donors (Lipinski definition) is 3. The third-order valence-electron chi connectivity index (χ3n) is 5.76. The van der Waals surface area contributed by atoms with Crippen LogP contribution < -0.4 is 16.0 Å². The number of rotatable bonds is 6. The molecule has 2 unspecified atom stereocenters. The van der Waals surface area contributed by atoms with Crippen LogP contribution in [0.2, 0.25) is 0 Å². The molecule has 7 heteroatoms. The molecule has 0 saturated carbocycles. The summed E-state index contributed by atoms with van der Waals surface area (Å²) >= 11 is 0. The lowest BCUT2D eigenvalue weighted by Gasteiger charge is -2.28. The van der Waals surface area contributed by atoms with E-state index in [9.17, 15) is 4.79 Å². The van der Waals surface area contributed by atoms with Crippen LogP contribution in [-0.4, -0.2) is 50.0 Å². The van der Waals surface area contributed by atoms with E-state index in [1.165, 1.54) is 18.4 Å². The average Bonchev–Trinajstić information content (AvgIpc) is 3.45. The standard InChI is InChI=1S/C22H29N5O2/c1-23-22(24-14-16-13-21(28)26-18-8-3-2-7-17(16)18)25-15-19(20-9-6-12-29-20)27-10-4-5-11-27/h2-3,6-9,12,16,19H,4-5,10-11,13-15H2,1H3,(H,26,28)(H2,23,24,25). The summed E-state index contributed by atoms with van der Waals surface area (Å²) in [6.07, 6.45) is 4.67. The molecule has 0 aliphatic carbocycles. The number of furan rings is 1. The van der Waals surface area contributed by atoms with Crippen LogP contribution in [0, 0.1) is 0 Å². The van der Waals surface area contributed by atoms with Crippen LogP contribution in [0.25, 0.3) is 0 Å². The van der Waals surface area contributed by atoms with E-state index in [-0.39, 0.29) is 17.9 Å². The Morgan fingerprint density at radius 3 is 2.83 bits per heavy atom. The highest BCUT2D eigenvalue weighted by Gasteiger charge is 2.27. The van der Waals surface area contributed by atoms with Gasteiger partial charge >= 0.3 is 0 Å². The molecule has 4 rings (SSSR count). The number of amides is 1. The van der Waals surface area contributed by atoms with Crippen molar-refractivity contribution in [2.45, 2.75) is 31.2 Å². The SMILES string of the molecule is CN=C(NCC1CC(=O)Nc2ccccc21)NCC(c1ccco1)N1CCCC1. The number of anilines is 1. The van der Waals surface area contributed by atoms with Crippen molar-refractivity contribution in [3.05, 3.63) is 54.0 Å². The van der Waals surface area contributed by atoms with Gasteiger partial charge in [0.05, 0.1) is 12.3 Å². The molecule has 1 aromatic heterocycles. The fourth-order valence-corrected chi connectivity index (χ4v) is 4.26. The minimum atomic E-state index is 0.0605. The molecule has 1 fully saturated rings. The maximum absolute atomic E-state index is 12.0. The van der Waals surface area contributed by atoms with Gasteiger partial charge in [-0.05, 0) is 49.7 Å². The first kappa shape index (κ1) is 19.5. The van der Waals surface area contributed by atoms with Crippen molar-refractivity contribution in [2.75, 3.05) is 38.5 Å². The number of nitrogens with zero attached hydrogens (tertiary/aromatic N) is 2. The molecule has 1 amide bonds. The summed E-state index contributed by atoms with van der Waals surface area (Å²) in [5.41, 5.74) is 2.07. The molecule has 154 valence electrons. The van der Waals surface area contributed by atoms with Gasteiger partial charge in [0.1, 0.15) is 5.76 Å². The number of benzene rings is 1. The predicted octanol–water partition coefficient (Wildman–Crippen LogP) is 2.71. The second-order valence-electron chi connectivity index (χ2n) is 7.64. The Hall–Kier alpha value is -2.80. The minimum Gasteiger partial charge on any atom is -0.468 e. The zero-order chi connectivity index (χ0) is 20.1. The van der Waals surface area contributed by atoms with Gasteiger partial charge in [0.15, 0.2) is 5.96 Å². The minimum absolute atomic E-state index is 0.0605. The molecule has 0 bridgehead atoms. The molecule has 1 saturated heterocycles. The van der Waals surface area contributed by atoms with Gasteiger partial charge in [0.2, 0.25) is 5.91 Å². The summed E-state index contributed by atoms with van der Waals surface area (Å²) in [7, 11) is 1.77. The van der Waals surface area contributed by atoms with Crippen molar-refractivity contribution in [3.8, 4) is 0 Å². The molecule has 2 aliphatic heterocycles. The van der Waals surface area contributed by atoms with Crippen molar-refractivity contribution >= 4 is 17.6 Å². The van der Waals surface area contributed by atoms with Gasteiger partial charge in [-0.25, -0.2) is 0 Å². The zero-order valence-corrected chi connectivity index (χ0v) is 16.9. The molecule has 2 aliphatic rings. The predicted molar refractivity (Wildman–Crippen MR) is 114 cm³/mol. The van der Waals surface area contributed by atoms with E-state index in [1.807, 2.05) is 30.3 Å². The molecule has 2 aromatic rings. The van der Waals surface area contributed by atoms with Crippen molar-refractivity contribution in [1.82, 2.24) is 15.5 Å². The molecular weight excluding hydrogens is 366 g/mol.